The van der Waals surface area contributed by atoms with Gasteiger partial charge >= 0.3 is 5.97 Å². The van der Waals surface area contributed by atoms with Crippen LogP contribution in [-0.4, -0.2) is 40.4 Å². The summed E-state index contributed by atoms with van der Waals surface area (Å²) in [4.78, 5) is 38.3. The average Bonchev–Trinajstić information content (AvgIpc) is 3.12. The van der Waals surface area contributed by atoms with Gasteiger partial charge in [0.1, 0.15) is 6.54 Å². The second-order valence-corrected chi connectivity index (χ2v) is 7.51. The fraction of sp³-hybridized carbons (Fsp3) is 0.350. The van der Waals surface area contributed by atoms with E-state index < -0.39 is 5.97 Å². The summed E-state index contributed by atoms with van der Waals surface area (Å²) >= 11 is 1.68. The van der Waals surface area contributed by atoms with Crippen molar-refractivity contribution in [3.8, 4) is 0 Å². The first-order chi connectivity index (χ1) is 12.9. The highest BCUT2D eigenvalue weighted by atomic mass is 32.1. The summed E-state index contributed by atoms with van der Waals surface area (Å²) in [6.07, 6.45) is 2.01. The predicted octanol–water partition coefficient (Wildman–Crippen LogP) is 3.64. The number of hydrogen-bond donors (Lipinski definition) is 2. The molecule has 0 saturated heterocycles. The van der Waals surface area contributed by atoms with Gasteiger partial charge in [0.05, 0.1) is 0 Å². The number of carboxylic acids is 1. The quantitative estimate of drug-likeness (QED) is 0.687. The van der Waals surface area contributed by atoms with Gasteiger partial charge in [-0.25, -0.2) is 0 Å². The molecule has 2 N–H and O–H groups in total. The Morgan fingerprint density at radius 1 is 1.19 bits per heavy atom. The summed E-state index contributed by atoms with van der Waals surface area (Å²) in [5, 5.41) is 13.8. The van der Waals surface area contributed by atoms with Gasteiger partial charge in [0.25, 0.3) is 5.91 Å². The highest BCUT2D eigenvalue weighted by Crippen LogP contribution is 2.16. The van der Waals surface area contributed by atoms with Crippen LogP contribution in [0.1, 0.15) is 41.9 Å². The van der Waals surface area contributed by atoms with E-state index in [-0.39, 0.29) is 24.4 Å². The van der Waals surface area contributed by atoms with E-state index in [0.717, 1.165) is 12.8 Å². The Hall–Kier alpha value is -2.67. The molecule has 2 aromatic rings. The normalized spacial score (nSPS) is 10.6. The molecule has 6 nitrogen and oxygen atoms in total. The molecule has 0 aliphatic rings. The van der Waals surface area contributed by atoms with E-state index in [2.05, 4.69) is 11.4 Å². The second kappa shape index (κ2) is 9.87. The van der Waals surface area contributed by atoms with Gasteiger partial charge in [0, 0.05) is 28.6 Å². The first-order valence-corrected chi connectivity index (χ1v) is 9.70. The molecule has 0 aliphatic heterocycles. The maximum absolute atomic E-state index is 12.6. The molecule has 0 spiro atoms. The molecule has 0 bridgehead atoms. The summed E-state index contributed by atoms with van der Waals surface area (Å²) in [6.45, 7) is 3.16. The van der Waals surface area contributed by atoms with E-state index in [1.807, 2.05) is 11.4 Å². The van der Waals surface area contributed by atoms with Crippen LogP contribution in [0.25, 0.3) is 0 Å². The van der Waals surface area contributed by atoms with Crippen LogP contribution in [0.5, 0.6) is 0 Å². The number of carboxylic acid groups (broad SMARTS) is 1. The van der Waals surface area contributed by atoms with Gasteiger partial charge in [-0.1, -0.05) is 12.1 Å². The number of aliphatic carboxylic acids is 1. The lowest BCUT2D eigenvalue weighted by Gasteiger charge is -2.25. The fourth-order valence-electron chi connectivity index (χ4n) is 2.63. The van der Waals surface area contributed by atoms with Crippen molar-refractivity contribution in [2.24, 2.45) is 0 Å². The molecule has 27 heavy (non-hydrogen) atoms. The number of hydrogen-bond acceptors (Lipinski definition) is 4. The number of rotatable bonds is 9. The third kappa shape index (κ3) is 6.53. The molecule has 0 atom stereocenters. The lowest BCUT2D eigenvalue weighted by atomic mass is 10.1. The zero-order chi connectivity index (χ0) is 19.8. The van der Waals surface area contributed by atoms with Gasteiger partial charge in [0.15, 0.2) is 0 Å². The standard InChI is InChI=1S/C20H24N2O4S/c1-14(2)22(13-19(24)25)20(26)15-6-3-7-16(12-15)21-18(23)10-4-8-17-9-5-11-27-17/h3,5-7,9,11-12,14H,4,8,10,13H2,1-2H3,(H,21,23)(H,24,25). The van der Waals surface area contributed by atoms with Gasteiger partial charge in [-0.05, 0) is 56.3 Å². The first kappa shape index (κ1) is 20.6. The topological polar surface area (TPSA) is 86.7 Å². The van der Waals surface area contributed by atoms with Crippen LogP contribution < -0.4 is 5.32 Å². The maximum Gasteiger partial charge on any atom is 0.323 e. The Balaban J connectivity index is 1.96. The van der Waals surface area contributed by atoms with E-state index >= 15 is 0 Å². The highest BCUT2D eigenvalue weighted by Gasteiger charge is 2.21. The number of carbonyl (C=O) groups excluding carboxylic acids is 2. The van der Waals surface area contributed by atoms with Crippen LogP contribution >= 0.6 is 11.3 Å². The number of aryl methyl sites for hydroxylation is 1. The SMILES string of the molecule is CC(C)N(CC(=O)O)C(=O)c1cccc(NC(=O)CCCc2cccs2)c1. The second-order valence-electron chi connectivity index (χ2n) is 6.48. The fourth-order valence-corrected chi connectivity index (χ4v) is 3.38. The third-order valence-electron chi connectivity index (χ3n) is 3.99. The van der Waals surface area contributed by atoms with Crippen molar-refractivity contribution in [3.63, 3.8) is 0 Å². The Labute approximate surface area is 162 Å². The number of anilines is 1. The van der Waals surface area contributed by atoms with Gasteiger partial charge in [-0.15, -0.1) is 11.3 Å². The van der Waals surface area contributed by atoms with E-state index in [0.29, 0.717) is 17.7 Å². The molecule has 2 rings (SSSR count). The molecule has 1 heterocycles. The van der Waals surface area contributed by atoms with Gasteiger partial charge in [0.2, 0.25) is 5.91 Å². The minimum atomic E-state index is -1.06. The van der Waals surface area contributed by atoms with Crippen molar-refractivity contribution < 1.29 is 19.5 Å². The molecule has 0 radical (unpaired) electrons. The van der Waals surface area contributed by atoms with E-state index in [4.69, 9.17) is 5.11 Å². The molecule has 0 fully saturated rings. The third-order valence-corrected chi connectivity index (χ3v) is 4.93. The predicted molar refractivity (Wildman–Crippen MR) is 106 cm³/mol. The summed E-state index contributed by atoms with van der Waals surface area (Å²) < 4.78 is 0. The molecule has 0 aliphatic carbocycles. The lowest BCUT2D eigenvalue weighted by molar-refractivity contribution is -0.138. The van der Waals surface area contributed by atoms with E-state index in [1.54, 1.807) is 49.4 Å². The van der Waals surface area contributed by atoms with Crippen molar-refractivity contribution in [2.45, 2.75) is 39.2 Å². The Morgan fingerprint density at radius 3 is 2.59 bits per heavy atom. The lowest BCUT2D eigenvalue weighted by Crippen LogP contribution is -2.40. The summed E-state index contributed by atoms with van der Waals surface area (Å²) in [5.41, 5.74) is 0.877. The molecule has 0 unspecified atom stereocenters. The van der Waals surface area contributed by atoms with E-state index in [1.165, 1.54) is 9.78 Å². The smallest absolute Gasteiger partial charge is 0.323 e. The van der Waals surface area contributed by atoms with Crippen LogP contribution in [0.4, 0.5) is 5.69 Å². The molecule has 7 heteroatoms. The monoisotopic (exact) mass is 388 g/mol. The van der Waals surface area contributed by atoms with Crippen molar-refractivity contribution >= 4 is 34.8 Å². The first-order valence-electron chi connectivity index (χ1n) is 8.82. The zero-order valence-corrected chi connectivity index (χ0v) is 16.3. The summed E-state index contributed by atoms with van der Waals surface area (Å²) in [5.74, 6) is -1.55. The van der Waals surface area contributed by atoms with Crippen LogP contribution in [0, 0.1) is 0 Å². The molecule has 144 valence electrons. The molecule has 1 aromatic heterocycles. The van der Waals surface area contributed by atoms with Gasteiger partial charge in [-0.2, -0.15) is 0 Å². The number of nitrogens with one attached hydrogen (secondary N) is 1. The molecular formula is C20H24N2O4S. The van der Waals surface area contributed by atoms with Crippen molar-refractivity contribution in [1.29, 1.82) is 0 Å². The Kier molecular flexibility index (Phi) is 7.55. The van der Waals surface area contributed by atoms with Crippen molar-refractivity contribution in [3.05, 3.63) is 52.2 Å². The molecular weight excluding hydrogens is 364 g/mol. The van der Waals surface area contributed by atoms with Gasteiger partial charge < -0.3 is 15.3 Å². The average molecular weight is 388 g/mol. The summed E-state index contributed by atoms with van der Waals surface area (Å²) in [7, 11) is 0. The maximum atomic E-state index is 12.6. The van der Waals surface area contributed by atoms with Crippen molar-refractivity contribution in [1.82, 2.24) is 4.90 Å². The number of nitrogens with zero attached hydrogens (tertiary/aromatic N) is 1. The number of carbonyl (C=O) groups is 3. The van der Waals surface area contributed by atoms with Crippen molar-refractivity contribution in [2.75, 3.05) is 11.9 Å². The highest BCUT2D eigenvalue weighted by molar-refractivity contribution is 7.09. The summed E-state index contributed by atoms with van der Waals surface area (Å²) in [6, 6.07) is 10.4. The van der Waals surface area contributed by atoms with Crippen LogP contribution in [0.15, 0.2) is 41.8 Å². The molecule has 2 amide bonds. The number of thiophene rings is 1. The minimum absolute atomic E-state index is 0.109. The van der Waals surface area contributed by atoms with Crippen LogP contribution in [0.3, 0.4) is 0 Å². The van der Waals surface area contributed by atoms with Gasteiger partial charge in [-0.3, -0.25) is 14.4 Å². The number of benzene rings is 1. The molecule has 1 aromatic carbocycles. The van der Waals surface area contributed by atoms with Crippen LogP contribution in [0.2, 0.25) is 0 Å². The Morgan fingerprint density at radius 2 is 1.96 bits per heavy atom. The zero-order valence-electron chi connectivity index (χ0n) is 15.5. The van der Waals surface area contributed by atoms with E-state index in [9.17, 15) is 14.4 Å². The van der Waals surface area contributed by atoms with Crippen LogP contribution in [-0.2, 0) is 16.0 Å². The largest absolute Gasteiger partial charge is 0.480 e. The Bertz CT molecular complexity index is 787. The molecule has 0 saturated carbocycles. The minimum Gasteiger partial charge on any atom is -0.480 e. The number of amides is 2.